The molecule has 2 heterocycles. The Morgan fingerprint density at radius 1 is 1.50 bits per heavy atom. The molecule has 0 aromatic carbocycles. The molecule has 1 aromatic rings. The smallest absolute Gasteiger partial charge is 0.244 e. The van der Waals surface area contributed by atoms with Gasteiger partial charge in [0.15, 0.2) is 0 Å². The minimum atomic E-state index is -0.0331. The van der Waals surface area contributed by atoms with Crippen molar-refractivity contribution in [2.24, 2.45) is 5.92 Å². The molecule has 1 aliphatic heterocycles. The van der Waals surface area contributed by atoms with Crippen LogP contribution in [0.1, 0.15) is 63.9 Å². The molecule has 1 aliphatic rings. The summed E-state index contributed by atoms with van der Waals surface area (Å²) in [7, 11) is 0. The summed E-state index contributed by atoms with van der Waals surface area (Å²) in [5.74, 6) is 1.94. The lowest BCUT2D eigenvalue weighted by Crippen LogP contribution is -2.17. The summed E-state index contributed by atoms with van der Waals surface area (Å²) >= 11 is 0. The lowest BCUT2D eigenvalue weighted by Gasteiger charge is -2.12. The lowest BCUT2D eigenvalue weighted by molar-refractivity contribution is 0.0477. The largest absolute Gasteiger partial charge is 0.370 e. The SMILES string of the molecule is CCCC(OCC)c1noc(C2NCCC2C)n1. The quantitative estimate of drug-likeness (QED) is 0.844. The van der Waals surface area contributed by atoms with Gasteiger partial charge in [-0.1, -0.05) is 25.4 Å². The molecule has 0 saturated carbocycles. The highest BCUT2D eigenvalue weighted by Crippen LogP contribution is 2.29. The zero-order chi connectivity index (χ0) is 13.0. The van der Waals surface area contributed by atoms with Crippen LogP contribution >= 0.6 is 0 Å². The Morgan fingerprint density at radius 2 is 2.33 bits per heavy atom. The van der Waals surface area contributed by atoms with Crippen molar-refractivity contribution in [3.63, 3.8) is 0 Å². The third-order valence-electron chi connectivity index (χ3n) is 3.46. The number of rotatable bonds is 6. The van der Waals surface area contributed by atoms with Gasteiger partial charge in [0.25, 0.3) is 0 Å². The normalized spacial score (nSPS) is 25.5. The van der Waals surface area contributed by atoms with Gasteiger partial charge in [-0.2, -0.15) is 4.98 Å². The predicted octanol–water partition coefficient (Wildman–Crippen LogP) is 2.62. The highest BCUT2D eigenvalue weighted by molar-refractivity contribution is 4.99. The van der Waals surface area contributed by atoms with Crippen LogP contribution in [-0.4, -0.2) is 23.3 Å². The number of nitrogens with one attached hydrogen (secondary N) is 1. The van der Waals surface area contributed by atoms with Crippen molar-refractivity contribution in [1.29, 1.82) is 0 Å². The van der Waals surface area contributed by atoms with Crippen molar-refractivity contribution in [3.05, 3.63) is 11.7 Å². The van der Waals surface area contributed by atoms with Crippen molar-refractivity contribution in [1.82, 2.24) is 15.5 Å². The van der Waals surface area contributed by atoms with E-state index < -0.39 is 0 Å². The number of ether oxygens (including phenoxy) is 1. The van der Waals surface area contributed by atoms with Crippen LogP contribution in [-0.2, 0) is 4.74 Å². The molecule has 1 aromatic heterocycles. The van der Waals surface area contributed by atoms with Crippen LogP contribution in [0.5, 0.6) is 0 Å². The summed E-state index contributed by atoms with van der Waals surface area (Å²) in [4.78, 5) is 4.51. The highest BCUT2D eigenvalue weighted by Gasteiger charge is 2.30. The van der Waals surface area contributed by atoms with E-state index in [0.717, 1.165) is 25.8 Å². The molecular weight excluding hydrogens is 230 g/mol. The standard InChI is InChI=1S/C13H23N3O2/c1-4-6-10(17-5-2)12-15-13(18-16-12)11-9(3)7-8-14-11/h9-11,14H,4-8H2,1-3H3. The van der Waals surface area contributed by atoms with E-state index in [2.05, 4.69) is 29.3 Å². The van der Waals surface area contributed by atoms with E-state index in [4.69, 9.17) is 9.26 Å². The van der Waals surface area contributed by atoms with Crippen molar-refractivity contribution in [3.8, 4) is 0 Å². The first-order valence-corrected chi connectivity index (χ1v) is 6.94. The summed E-state index contributed by atoms with van der Waals surface area (Å²) in [6.07, 6.45) is 3.11. The second kappa shape index (κ2) is 6.29. The van der Waals surface area contributed by atoms with Crippen molar-refractivity contribution in [2.75, 3.05) is 13.2 Å². The number of aromatic nitrogens is 2. The summed E-state index contributed by atoms with van der Waals surface area (Å²) in [5, 5.41) is 7.48. The third-order valence-corrected chi connectivity index (χ3v) is 3.46. The Labute approximate surface area is 108 Å². The van der Waals surface area contributed by atoms with Gasteiger partial charge in [-0.05, 0) is 32.2 Å². The Hall–Kier alpha value is -0.940. The Balaban J connectivity index is 2.08. The number of nitrogens with zero attached hydrogens (tertiary/aromatic N) is 2. The van der Waals surface area contributed by atoms with E-state index >= 15 is 0 Å². The molecule has 3 unspecified atom stereocenters. The Kier molecular flexibility index (Phi) is 4.72. The van der Waals surface area contributed by atoms with Gasteiger partial charge in [0.1, 0.15) is 6.10 Å². The second-order valence-electron chi connectivity index (χ2n) is 4.92. The molecule has 0 spiro atoms. The fourth-order valence-corrected chi connectivity index (χ4v) is 2.42. The Morgan fingerprint density at radius 3 is 2.94 bits per heavy atom. The highest BCUT2D eigenvalue weighted by atomic mass is 16.5. The molecule has 2 rings (SSSR count). The van der Waals surface area contributed by atoms with Crippen LogP contribution < -0.4 is 5.32 Å². The summed E-state index contributed by atoms with van der Waals surface area (Å²) in [5.41, 5.74) is 0. The molecule has 5 nitrogen and oxygen atoms in total. The monoisotopic (exact) mass is 253 g/mol. The van der Waals surface area contributed by atoms with Crippen LogP contribution in [0, 0.1) is 5.92 Å². The first-order valence-electron chi connectivity index (χ1n) is 6.94. The maximum absolute atomic E-state index is 5.67. The maximum atomic E-state index is 5.67. The van der Waals surface area contributed by atoms with Crippen molar-refractivity contribution < 1.29 is 9.26 Å². The lowest BCUT2D eigenvalue weighted by atomic mass is 10.0. The molecule has 1 N–H and O–H groups in total. The first-order chi connectivity index (χ1) is 8.76. The zero-order valence-corrected chi connectivity index (χ0v) is 11.5. The first kappa shape index (κ1) is 13.5. The van der Waals surface area contributed by atoms with Gasteiger partial charge in [-0.25, -0.2) is 0 Å². The molecule has 0 aliphatic carbocycles. The maximum Gasteiger partial charge on any atom is 0.244 e. The molecule has 3 atom stereocenters. The van der Waals surface area contributed by atoms with Gasteiger partial charge in [0.05, 0.1) is 6.04 Å². The zero-order valence-electron chi connectivity index (χ0n) is 11.5. The summed E-state index contributed by atoms with van der Waals surface area (Å²) in [6.45, 7) is 8.03. The Bertz CT molecular complexity index is 361. The molecule has 18 heavy (non-hydrogen) atoms. The van der Waals surface area contributed by atoms with E-state index in [9.17, 15) is 0 Å². The fraction of sp³-hybridized carbons (Fsp3) is 0.846. The van der Waals surface area contributed by atoms with E-state index in [0.29, 0.717) is 24.2 Å². The van der Waals surface area contributed by atoms with E-state index in [1.54, 1.807) is 0 Å². The number of hydrogen-bond acceptors (Lipinski definition) is 5. The average Bonchev–Trinajstić information content (AvgIpc) is 2.97. The van der Waals surface area contributed by atoms with Crippen LogP contribution in [0.25, 0.3) is 0 Å². The van der Waals surface area contributed by atoms with E-state index in [1.165, 1.54) is 0 Å². The van der Waals surface area contributed by atoms with Gasteiger partial charge in [-0.15, -0.1) is 0 Å². The van der Waals surface area contributed by atoms with Gasteiger partial charge in [0, 0.05) is 6.61 Å². The molecular formula is C13H23N3O2. The van der Waals surface area contributed by atoms with Gasteiger partial charge < -0.3 is 14.6 Å². The van der Waals surface area contributed by atoms with E-state index in [1.807, 2.05) is 6.92 Å². The minimum absolute atomic E-state index is 0.0331. The number of hydrogen-bond donors (Lipinski definition) is 1. The molecule has 0 radical (unpaired) electrons. The van der Waals surface area contributed by atoms with Crippen molar-refractivity contribution >= 4 is 0 Å². The van der Waals surface area contributed by atoms with Crippen LogP contribution in [0.15, 0.2) is 4.52 Å². The summed E-state index contributed by atoms with van der Waals surface area (Å²) in [6, 6.07) is 0.204. The molecule has 1 saturated heterocycles. The van der Waals surface area contributed by atoms with E-state index in [-0.39, 0.29) is 12.1 Å². The fourth-order valence-electron chi connectivity index (χ4n) is 2.42. The topological polar surface area (TPSA) is 60.2 Å². The second-order valence-corrected chi connectivity index (χ2v) is 4.92. The third kappa shape index (κ3) is 2.90. The predicted molar refractivity (Wildman–Crippen MR) is 68.1 cm³/mol. The van der Waals surface area contributed by atoms with Gasteiger partial charge in [0.2, 0.25) is 11.7 Å². The molecule has 0 bridgehead atoms. The van der Waals surface area contributed by atoms with Crippen LogP contribution in [0.2, 0.25) is 0 Å². The minimum Gasteiger partial charge on any atom is -0.370 e. The average molecular weight is 253 g/mol. The van der Waals surface area contributed by atoms with Gasteiger partial charge >= 0.3 is 0 Å². The summed E-state index contributed by atoms with van der Waals surface area (Å²) < 4.78 is 11.1. The van der Waals surface area contributed by atoms with Crippen LogP contribution in [0.3, 0.4) is 0 Å². The molecule has 5 heteroatoms. The molecule has 0 amide bonds. The van der Waals surface area contributed by atoms with Gasteiger partial charge in [-0.3, -0.25) is 0 Å². The molecule has 102 valence electrons. The molecule has 1 fully saturated rings. The van der Waals surface area contributed by atoms with Crippen LogP contribution in [0.4, 0.5) is 0 Å². The van der Waals surface area contributed by atoms with Crippen molar-refractivity contribution in [2.45, 2.75) is 52.2 Å².